The van der Waals surface area contributed by atoms with E-state index in [9.17, 15) is 4.57 Å². The Morgan fingerprint density at radius 1 is 0.450 bits per heavy atom. The molecule has 1 spiro atoms. The Morgan fingerprint density at radius 3 is 1.20 bits per heavy atom. The Hall–Kier alpha value is -3.80. The Kier molecular flexibility index (Phi) is 14.6. The SMILES string of the molecule is O=P(OCc1ccccc1)(OCc1ccccc1)OC1CC(OP(=O)(OCc2ccccc2)OCc2ccccc2)C2OC3(CCCCC3)OC2C1OCc1ccccc1. The average molecular weight is 855 g/mol. The van der Waals surface area contributed by atoms with Crippen LogP contribution in [0.5, 0.6) is 0 Å². The molecule has 8 rings (SSSR count). The number of benzene rings is 5. The van der Waals surface area contributed by atoms with Gasteiger partial charge in [-0.15, -0.1) is 0 Å². The van der Waals surface area contributed by atoms with Crippen molar-refractivity contribution in [3.8, 4) is 0 Å². The highest BCUT2D eigenvalue weighted by atomic mass is 31.2. The quantitative estimate of drug-likeness (QED) is 0.0739. The molecule has 1 aliphatic heterocycles. The minimum Gasteiger partial charge on any atom is -0.368 e. The van der Waals surface area contributed by atoms with E-state index in [2.05, 4.69) is 0 Å². The van der Waals surface area contributed by atoms with Crippen LogP contribution in [0, 0.1) is 0 Å². The summed E-state index contributed by atoms with van der Waals surface area (Å²) in [5, 5.41) is 0. The van der Waals surface area contributed by atoms with Crippen LogP contribution in [-0.2, 0) is 83.5 Å². The second-order valence-corrected chi connectivity index (χ2v) is 18.6. The lowest BCUT2D eigenvalue weighted by atomic mass is 9.87. The molecular weight excluding hydrogens is 802 g/mol. The van der Waals surface area contributed by atoms with E-state index in [1.807, 2.05) is 152 Å². The standard InChI is InChI=1S/C47H52O11P2/c48-59(51-33-38-21-9-2-10-22-38,52-34-39-23-11-3-12-24-39)57-42-31-43(58-60(49,53-35-40-25-13-4-14-26-40)54-36-41-27-15-5-16-28-41)45-46(56-47(55-45)29-17-6-18-30-47)44(42)50-32-37-19-7-1-8-20-37/h1-5,7-16,19-28,42-46H,6,17-18,29-36H2. The van der Waals surface area contributed by atoms with Gasteiger partial charge in [0.15, 0.2) is 5.79 Å². The molecule has 3 aliphatic rings. The summed E-state index contributed by atoms with van der Waals surface area (Å²) >= 11 is 0. The van der Waals surface area contributed by atoms with Gasteiger partial charge in [-0.05, 0) is 40.7 Å². The maximum absolute atomic E-state index is 15.0. The normalized spacial score (nSPS) is 22.7. The number of fused-ring (bicyclic) bond motifs is 1. The number of hydrogen-bond donors (Lipinski definition) is 0. The van der Waals surface area contributed by atoms with Crippen molar-refractivity contribution >= 4 is 15.6 Å². The van der Waals surface area contributed by atoms with Gasteiger partial charge in [-0.2, -0.15) is 0 Å². The zero-order chi connectivity index (χ0) is 41.1. The van der Waals surface area contributed by atoms with Gasteiger partial charge in [0.2, 0.25) is 0 Å². The average Bonchev–Trinajstić information content (AvgIpc) is 3.66. The van der Waals surface area contributed by atoms with E-state index in [0.717, 1.165) is 47.1 Å². The zero-order valence-electron chi connectivity index (χ0n) is 33.5. The van der Waals surface area contributed by atoms with Crippen molar-refractivity contribution < 1.29 is 50.5 Å². The molecule has 3 fully saturated rings. The molecule has 0 aromatic heterocycles. The highest BCUT2D eigenvalue weighted by Gasteiger charge is 2.61. The molecule has 1 saturated heterocycles. The Labute approximate surface area is 352 Å². The molecule has 1 heterocycles. The molecular formula is C47H52O11P2. The number of phosphoric ester groups is 2. The van der Waals surface area contributed by atoms with Crippen LogP contribution in [0.4, 0.5) is 0 Å². The van der Waals surface area contributed by atoms with Gasteiger partial charge in [-0.25, -0.2) is 9.13 Å². The van der Waals surface area contributed by atoms with Gasteiger partial charge in [0.05, 0.1) is 33.0 Å². The highest BCUT2D eigenvalue weighted by molar-refractivity contribution is 7.48. The molecule has 0 amide bonds. The van der Waals surface area contributed by atoms with Crippen LogP contribution in [0.3, 0.4) is 0 Å². The fourth-order valence-corrected chi connectivity index (χ4v) is 10.5. The molecule has 316 valence electrons. The van der Waals surface area contributed by atoms with E-state index >= 15 is 4.57 Å². The maximum atomic E-state index is 15.0. The van der Waals surface area contributed by atoms with Crippen LogP contribution in [0.25, 0.3) is 0 Å². The lowest BCUT2D eigenvalue weighted by Crippen LogP contribution is -2.56. The summed E-state index contributed by atoms with van der Waals surface area (Å²) in [7, 11) is -8.72. The highest BCUT2D eigenvalue weighted by Crippen LogP contribution is 2.59. The van der Waals surface area contributed by atoms with Crippen molar-refractivity contribution in [2.45, 2.75) is 108 Å². The monoisotopic (exact) mass is 854 g/mol. The first-order chi connectivity index (χ1) is 29.4. The van der Waals surface area contributed by atoms with E-state index in [4.69, 9.17) is 41.4 Å². The summed E-state index contributed by atoms with van der Waals surface area (Å²) in [6.45, 7) is 0.0516. The third kappa shape index (κ3) is 11.6. The van der Waals surface area contributed by atoms with Gasteiger partial charge in [-0.3, -0.25) is 27.1 Å². The first kappa shape index (κ1) is 42.9. The lowest BCUT2D eigenvalue weighted by Gasteiger charge is -2.42. The zero-order valence-corrected chi connectivity index (χ0v) is 35.3. The lowest BCUT2D eigenvalue weighted by molar-refractivity contribution is -0.206. The third-order valence-corrected chi connectivity index (χ3v) is 13.7. The minimum atomic E-state index is -4.38. The van der Waals surface area contributed by atoms with Gasteiger partial charge < -0.3 is 14.2 Å². The molecule has 5 aromatic rings. The van der Waals surface area contributed by atoms with Crippen molar-refractivity contribution in [1.29, 1.82) is 0 Å². The fraction of sp³-hybridized carbons (Fsp3) is 0.362. The van der Waals surface area contributed by atoms with Crippen molar-refractivity contribution in [2.24, 2.45) is 0 Å². The molecule has 11 nitrogen and oxygen atoms in total. The summed E-state index contributed by atoms with van der Waals surface area (Å²) < 4.78 is 88.2. The summed E-state index contributed by atoms with van der Waals surface area (Å²) in [6.07, 6.45) is -0.185. The second-order valence-electron chi connectivity index (χ2n) is 15.4. The number of rotatable bonds is 19. The van der Waals surface area contributed by atoms with E-state index in [1.165, 1.54) is 0 Å². The molecule has 5 aromatic carbocycles. The molecule has 2 saturated carbocycles. The van der Waals surface area contributed by atoms with Gasteiger partial charge >= 0.3 is 15.6 Å². The summed E-state index contributed by atoms with van der Waals surface area (Å²) in [4.78, 5) is 0. The maximum Gasteiger partial charge on any atom is 0.475 e. The predicted octanol–water partition coefficient (Wildman–Crippen LogP) is 11.3. The molecule has 5 unspecified atom stereocenters. The number of ether oxygens (including phenoxy) is 3. The summed E-state index contributed by atoms with van der Waals surface area (Å²) in [5.74, 6) is -0.921. The molecule has 0 radical (unpaired) electrons. The Morgan fingerprint density at radius 2 is 0.800 bits per heavy atom. The van der Waals surface area contributed by atoms with Crippen molar-refractivity contribution in [1.82, 2.24) is 0 Å². The van der Waals surface area contributed by atoms with Crippen LogP contribution in [-0.4, -0.2) is 36.3 Å². The van der Waals surface area contributed by atoms with Crippen LogP contribution in [0.15, 0.2) is 152 Å². The van der Waals surface area contributed by atoms with E-state index < -0.39 is 52.0 Å². The molecule has 5 atom stereocenters. The molecule has 60 heavy (non-hydrogen) atoms. The van der Waals surface area contributed by atoms with E-state index in [1.54, 1.807) is 0 Å². The van der Waals surface area contributed by atoms with Gasteiger partial charge in [0.25, 0.3) is 0 Å². The van der Waals surface area contributed by atoms with Gasteiger partial charge in [-0.1, -0.05) is 158 Å². The van der Waals surface area contributed by atoms with Crippen molar-refractivity contribution in [3.63, 3.8) is 0 Å². The molecule has 2 aliphatic carbocycles. The molecule has 0 N–H and O–H groups in total. The Balaban J connectivity index is 1.13. The third-order valence-electron chi connectivity index (χ3n) is 10.9. The van der Waals surface area contributed by atoms with Crippen LogP contribution in [0.2, 0.25) is 0 Å². The Bertz CT molecular complexity index is 2050. The number of hydrogen-bond acceptors (Lipinski definition) is 11. The van der Waals surface area contributed by atoms with Crippen molar-refractivity contribution in [2.75, 3.05) is 0 Å². The van der Waals surface area contributed by atoms with Crippen molar-refractivity contribution in [3.05, 3.63) is 179 Å². The minimum absolute atomic E-state index is 0.000824. The smallest absolute Gasteiger partial charge is 0.368 e. The topological polar surface area (TPSA) is 117 Å². The van der Waals surface area contributed by atoms with Gasteiger partial charge in [0.1, 0.15) is 30.5 Å². The van der Waals surface area contributed by atoms with Gasteiger partial charge in [0, 0.05) is 19.3 Å². The fourth-order valence-electron chi connectivity index (χ4n) is 7.85. The molecule has 0 bridgehead atoms. The predicted molar refractivity (Wildman–Crippen MR) is 225 cm³/mol. The number of phosphoric acid groups is 2. The van der Waals surface area contributed by atoms with Crippen LogP contribution >= 0.6 is 15.6 Å². The first-order valence-corrected chi connectivity index (χ1v) is 23.6. The largest absolute Gasteiger partial charge is 0.475 e. The van der Waals surface area contributed by atoms with Crippen LogP contribution < -0.4 is 0 Å². The first-order valence-electron chi connectivity index (χ1n) is 20.7. The summed E-state index contributed by atoms with van der Waals surface area (Å²) in [5.41, 5.74) is 4.07. The molecule has 13 heteroatoms. The van der Waals surface area contributed by atoms with Crippen LogP contribution in [0.1, 0.15) is 66.3 Å². The van der Waals surface area contributed by atoms with E-state index in [0.29, 0.717) is 12.8 Å². The summed E-state index contributed by atoms with van der Waals surface area (Å²) in [6, 6.07) is 47.4. The van der Waals surface area contributed by atoms with E-state index in [-0.39, 0.29) is 39.5 Å². The second kappa shape index (κ2) is 20.4.